The smallest absolute Gasteiger partial charge is 0.0950 e. The molecule has 0 N–H and O–H groups in total. The van der Waals surface area contributed by atoms with Crippen molar-refractivity contribution in [3.8, 4) is 10.6 Å². The first-order valence-electron chi connectivity index (χ1n) is 8.99. The number of aromatic nitrogens is 1. The summed E-state index contributed by atoms with van der Waals surface area (Å²) in [6, 6.07) is 8.95. The zero-order valence-corrected chi connectivity index (χ0v) is 14.9. The van der Waals surface area contributed by atoms with Crippen LogP contribution in [0.5, 0.6) is 0 Å². The summed E-state index contributed by atoms with van der Waals surface area (Å²) < 4.78 is 0. The second kappa shape index (κ2) is 7.74. The van der Waals surface area contributed by atoms with Crippen molar-refractivity contribution in [1.82, 2.24) is 14.9 Å². The molecule has 2 saturated heterocycles. The number of thiophene rings is 1. The van der Waals surface area contributed by atoms with E-state index in [1.807, 2.05) is 6.20 Å². The third-order valence-electron chi connectivity index (χ3n) is 4.99. The molecule has 0 radical (unpaired) electrons. The van der Waals surface area contributed by atoms with Crippen LogP contribution in [-0.4, -0.2) is 47.2 Å². The molecule has 2 aliphatic rings. The average Bonchev–Trinajstić information content (AvgIpc) is 3.37. The Bertz CT molecular complexity index is 623. The van der Waals surface area contributed by atoms with Gasteiger partial charge in [0, 0.05) is 25.3 Å². The van der Waals surface area contributed by atoms with E-state index in [1.54, 1.807) is 11.3 Å². The van der Waals surface area contributed by atoms with Crippen molar-refractivity contribution in [2.75, 3.05) is 26.2 Å². The Labute approximate surface area is 148 Å². The molecule has 4 nitrogen and oxygen atoms in total. The standard InChI is InChI=1S/C19H25N3OS/c1-2-10-21(9-1)14-17-5-3-11-22(17)23-15-16-7-8-18(20-13-16)19-6-4-12-24-19/h4,6-8,12-13,17H,1-3,5,9-11,14-15H2/t17-/m0/s1. The molecule has 0 unspecified atom stereocenters. The van der Waals surface area contributed by atoms with E-state index in [9.17, 15) is 0 Å². The van der Waals surface area contributed by atoms with Gasteiger partial charge in [0.05, 0.1) is 17.2 Å². The van der Waals surface area contributed by atoms with Gasteiger partial charge in [0.15, 0.2) is 0 Å². The van der Waals surface area contributed by atoms with Gasteiger partial charge in [-0.15, -0.1) is 11.3 Å². The Balaban J connectivity index is 1.30. The van der Waals surface area contributed by atoms with Gasteiger partial charge in [-0.05, 0) is 61.8 Å². The molecule has 0 bridgehead atoms. The number of likely N-dealkylation sites (tertiary alicyclic amines) is 1. The summed E-state index contributed by atoms with van der Waals surface area (Å²) in [6.07, 6.45) is 7.16. The fourth-order valence-electron chi connectivity index (χ4n) is 3.66. The number of nitrogens with zero attached hydrogens (tertiary/aromatic N) is 3. The molecule has 0 amide bonds. The lowest BCUT2D eigenvalue weighted by molar-refractivity contribution is -0.181. The quantitative estimate of drug-likeness (QED) is 0.798. The van der Waals surface area contributed by atoms with Crippen LogP contribution in [0.3, 0.4) is 0 Å². The second-order valence-electron chi connectivity index (χ2n) is 6.75. The molecule has 4 heterocycles. The van der Waals surface area contributed by atoms with Crippen molar-refractivity contribution in [3.63, 3.8) is 0 Å². The van der Waals surface area contributed by atoms with Crippen LogP contribution >= 0.6 is 11.3 Å². The Morgan fingerprint density at radius 2 is 2.04 bits per heavy atom. The van der Waals surface area contributed by atoms with Crippen molar-refractivity contribution >= 4 is 11.3 Å². The van der Waals surface area contributed by atoms with Crippen LogP contribution in [0.4, 0.5) is 0 Å². The minimum Gasteiger partial charge on any atom is -0.302 e. The van der Waals surface area contributed by atoms with Crippen LogP contribution in [0.1, 0.15) is 31.2 Å². The Morgan fingerprint density at radius 1 is 1.12 bits per heavy atom. The molecule has 5 heteroatoms. The van der Waals surface area contributed by atoms with E-state index >= 15 is 0 Å². The zero-order valence-electron chi connectivity index (χ0n) is 14.1. The molecule has 2 fully saturated rings. The number of hydrogen-bond donors (Lipinski definition) is 0. The molecular weight excluding hydrogens is 318 g/mol. The van der Waals surface area contributed by atoms with E-state index in [-0.39, 0.29) is 0 Å². The van der Waals surface area contributed by atoms with Gasteiger partial charge in [0.1, 0.15) is 0 Å². The minimum absolute atomic E-state index is 0.557. The predicted molar refractivity (Wildman–Crippen MR) is 97.7 cm³/mol. The third-order valence-corrected chi connectivity index (χ3v) is 5.88. The van der Waals surface area contributed by atoms with Gasteiger partial charge in [0.25, 0.3) is 0 Å². The van der Waals surface area contributed by atoms with Crippen LogP contribution in [0.15, 0.2) is 35.8 Å². The molecule has 128 valence electrons. The minimum atomic E-state index is 0.557. The highest BCUT2D eigenvalue weighted by Gasteiger charge is 2.28. The first kappa shape index (κ1) is 16.2. The van der Waals surface area contributed by atoms with Crippen LogP contribution in [0, 0.1) is 0 Å². The fraction of sp³-hybridized carbons (Fsp3) is 0.526. The third kappa shape index (κ3) is 3.86. The fourth-order valence-corrected chi connectivity index (χ4v) is 4.36. The van der Waals surface area contributed by atoms with Crippen molar-refractivity contribution in [2.24, 2.45) is 0 Å². The van der Waals surface area contributed by atoms with E-state index in [0.29, 0.717) is 12.6 Å². The van der Waals surface area contributed by atoms with Crippen molar-refractivity contribution < 1.29 is 4.84 Å². The summed E-state index contributed by atoms with van der Waals surface area (Å²) in [5.41, 5.74) is 2.18. The van der Waals surface area contributed by atoms with Crippen molar-refractivity contribution in [2.45, 2.75) is 38.3 Å². The maximum atomic E-state index is 6.11. The summed E-state index contributed by atoms with van der Waals surface area (Å²) in [7, 11) is 0. The van der Waals surface area contributed by atoms with E-state index in [2.05, 4.69) is 44.6 Å². The largest absolute Gasteiger partial charge is 0.302 e. The molecule has 4 rings (SSSR count). The zero-order chi connectivity index (χ0) is 16.2. The topological polar surface area (TPSA) is 28.6 Å². The van der Waals surface area contributed by atoms with Crippen LogP contribution < -0.4 is 0 Å². The molecule has 2 aromatic heterocycles. The summed E-state index contributed by atoms with van der Waals surface area (Å²) in [5, 5.41) is 4.30. The molecule has 2 aliphatic heterocycles. The lowest BCUT2D eigenvalue weighted by atomic mass is 10.2. The normalized spacial score (nSPS) is 22.4. The van der Waals surface area contributed by atoms with Crippen molar-refractivity contribution in [1.29, 1.82) is 0 Å². The van der Waals surface area contributed by atoms with Gasteiger partial charge in [-0.1, -0.05) is 12.1 Å². The number of rotatable bonds is 6. The van der Waals surface area contributed by atoms with E-state index in [4.69, 9.17) is 4.84 Å². The molecular formula is C19H25N3OS. The Morgan fingerprint density at radius 3 is 2.79 bits per heavy atom. The highest BCUT2D eigenvalue weighted by atomic mass is 32.1. The van der Waals surface area contributed by atoms with Gasteiger partial charge < -0.3 is 4.90 Å². The maximum absolute atomic E-state index is 6.11. The number of pyridine rings is 1. The van der Waals surface area contributed by atoms with Gasteiger partial charge in [-0.3, -0.25) is 9.82 Å². The summed E-state index contributed by atoms with van der Waals surface area (Å²) in [5.74, 6) is 0. The summed E-state index contributed by atoms with van der Waals surface area (Å²) in [6.45, 7) is 5.36. The Kier molecular flexibility index (Phi) is 5.23. The lowest BCUT2D eigenvalue weighted by Gasteiger charge is -2.27. The van der Waals surface area contributed by atoms with Crippen LogP contribution in [0.2, 0.25) is 0 Å². The summed E-state index contributed by atoms with van der Waals surface area (Å²) in [4.78, 5) is 14.5. The van der Waals surface area contributed by atoms with Gasteiger partial charge in [-0.25, -0.2) is 0 Å². The van der Waals surface area contributed by atoms with E-state index in [1.165, 1.54) is 43.6 Å². The van der Waals surface area contributed by atoms with E-state index < -0.39 is 0 Å². The van der Waals surface area contributed by atoms with Gasteiger partial charge in [0.2, 0.25) is 0 Å². The average molecular weight is 343 g/mol. The summed E-state index contributed by atoms with van der Waals surface area (Å²) >= 11 is 1.72. The predicted octanol–water partition coefficient (Wildman–Crippen LogP) is 3.80. The second-order valence-corrected chi connectivity index (χ2v) is 7.69. The molecule has 0 saturated carbocycles. The monoisotopic (exact) mass is 343 g/mol. The number of hydroxylamine groups is 2. The molecule has 2 aromatic rings. The molecule has 0 aromatic carbocycles. The van der Waals surface area contributed by atoms with Crippen molar-refractivity contribution in [3.05, 3.63) is 41.4 Å². The maximum Gasteiger partial charge on any atom is 0.0950 e. The van der Waals surface area contributed by atoms with Crippen LogP contribution in [-0.2, 0) is 11.4 Å². The van der Waals surface area contributed by atoms with E-state index in [0.717, 1.165) is 24.3 Å². The highest BCUT2D eigenvalue weighted by molar-refractivity contribution is 7.13. The lowest BCUT2D eigenvalue weighted by Crippen LogP contribution is -2.39. The SMILES string of the molecule is c1csc(-c2ccc(CON3CCC[C@H]3CN3CCCC3)cn2)c1. The highest BCUT2D eigenvalue weighted by Crippen LogP contribution is 2.24. The van der Waals surface area contributed by atoms with Crippen LogP contribution in [0.25, 0.3) is 10.6 Å². The Hall–Kier alpha value is -1.27. The number of hydrogen-bond acceptors (Lipinski definition) is 5. The van der Waals surface area contributed by atoms with Gasteiger partial charge >= 0.3 is 0 Å². The molecule has 1 atom stereocenters. The molecule has 24 heavy (non-hydrogen) atoms. The first-order valence-corrected chi connectivity index (χ1v) is 9.87. The van der Waals surface area contributed by atoms with Gasteiger partial charge in [-0.2, -0.15) is 5.06 Å². The first-order chi connectivity index (χ1) is 11.9. The molecule has 0 aliphatic carbocycles. The molecule has 0 spiro atoms.